The number of para-hydroxylation sites is 2. The monoisotopic (exact) mass is 312 g/mol. The predicted molar refractivity (Wildman–Crippen MR) is 87.5 cm³/mol. The molecule has 1 aliphatic carbocycles. The average Bonchev–Trinajstić information content (AvgIpc) is 3.09. The molecule has 1 aliphatic rings. The van der Waals surface area contributed by atoms with Crippen LogP contribution in [0.15, 0.2) is 34.7 Å². The molecule has 1 aromatic carbocycles. The second kappa shape index (κ2) is 5.25. The van der Waals surface area contributed by atoms with Crippen molar-refractivity contribution in [3.8, 4) is 0 Å². The summed E-state index contributed by atoms with van der Waals surface area (Å²) in [4.78, 5) is 18.8. The van der Waals surface area contributed by atoms with Crippen LogP contribution in [0.2, 0.25) is 0 Å². The lowest BCUT2D eigenvalue weighted by atomic mass is 9.90. The number of fused-ring (bicyclic) bond motifs is 2. The summed E-state index contributed by atoms with van der Waals surface area (Å²) >= 11 is 1.59. The highest BCUT2D eigenvalue weighted by atomic mass is 32.1. The number of carbonyl (C=O) groups excluding carboxylic acids is 1. The first-order chi connectivity index (χ1) is 10.7. The number of rotatable bonds is 2. The zero-order chi connectivity index (χ0) is 15.1. The molecule has 2 aromatic heterocycles. The Morgan fingerprint density at radius 2 is 2.27 bits per heavy atom. The minimum absolute atomic E-state index is 0.140. The Morgan fingerprint density at radius 3 is 3.14 bits per heavy atom. The number of benzene rings is 1. The lowest BCUT2D eigenvalue weighted by Gasteiger charge is -2.16. The van der Waals surface area contributed by atoms with Gasteiger partial charge >= 0.3 is 6.01 Å². The van der Waals surface area contributed by atoms with Gasteiger partial charge in [-0.1, -0.05) is 19.1 Å². The van der Waals surface area contributed by atoms with Crippen molar-refractivity contribution in [2.24, 2.45) is 5.92 Å². The molecule has 0 saturated heterocycles. The van der Waals surface area contributed by atoms with Crippen LogP contribution in [0.1, 0.15) is 33.5 Å². The molecule has 112 valence electrons. The van der Waals surface area contributed by atoms with Gasteiger partial charge in [-0.05, 0) is 48.9 Å². The standard InChI is InChI=1S/C17H16N2O2S/c1-10-6-7-14-11(8-10)9-15(22-14)16(20)19-17-18-12-4-2-3-5-13(12)21-17/h2-5,9-10H,6-8H2,1H3,(H,18,19,20). The maximum Gasteiger partial charge on any atom is 0.302 e. The van der Waals surface area contributed by atoms with Gasteiger partial charge in [0.2, 0.25) is 0 Å². The Kier molecular flexibility index (Phi) is 3.22. The fraction of sp³-hybridized carbons (Fsp3) is 0.294. The second-order valence-electron chi connectivity index (χ2n) is 5.85. The normalized spacial score (nSPS) is 17.4. The van der Waals surface area contributed by atoms with Crippen LogP contribution in [0.5, 0.6) is 0 Å². The summed E-state index contributed by atoms with van der Waals surface area (Å²) in [6.45, 7) is 2.26. The van der Waals surface area contributed by atoms with Gasteiger partial charge < -0.3 is 4.42 Å². The van der Waals surface area contributed by atoms with Gasteiger partial charge in [-0.2, -0.15) is 4.98 Å². The van der Waals surface area contributed by atoms with E-state index < -0.39 is 0 Å². The van der Waals surface area contributed by atoms with E-state index in [2.05, 4.69) is 17.2 Å². The molecule has 1 amide bonds. The minimum Gasteiger partial charge on any atom is -0.423 e. The number of nitrogens with zero attached hydrogens (tertiary/aromatic N) is 1. The molecule has 0 spiro atoms. The van der Waals surface area contributed by atoms with Crippen molar-refractivity contribution in [2.45, 2.75) is 26.2 Å². The number of aryl methyl sites for hydroxylation is 1. The average molecular weight is 312 g/mol. The van der Waals surface area contributed by atoms with Gasteiger partial charge in [0.1, 0.15) is 5.52 Å². The van der Waals surface area contributed by atoms with Crippen molar-refractivity contribution in [1.29, 1.82) is 0 Å². The number of hydrogen-bond donors (Lipinski definition) is 1. The summed E-state index contributed by atoms with van der Waals surface area (Å²) in [6, 6.07) is 9.75. The van der Waals surface area contributed by atoms with Crippen molar-refractivity contribution in [2.75, 3.05) is 5.32 Å². The van der Waals surface area contributed by atoms with E-state index in [1.807, 2.05) is 30.3 Å². The number of hydrogen-bond acceptors (Lipinski definition) is 4. The Hall–Kier alpha value is -2.14. The van der Waals surface area contributed by atoms with E-state index in [0.29, 0.717) is 11.5 Å². The van der Waals surface area contributed by atoms with Gasteiger partial charge in [0, 0.05) is 4.88 Å². The highest BCUT2D eigenvalue weighted by Crippen LogP contribution is 2.32. The molecule has 1 N–H and O–H groups in total. The summed E-state index contributed by atoms with van der Waals surface area (Å²) in [6.07, 6.45) is 3.36. The number of oxazole rings is 1. The molecule has 0 radical (unpaired) electrons. The zero-order valence-electron chi connectivity index (χ0n) is 12.3. The van der Waals surface area contributed by atoms with Crippen molar-refractivity contribution >= 4 is 34.4 Å². The maximum atomic E-state index is 12.4. The molecular formula is C17H16N2O2S. The van der Waals surface area contributed by atoms with Crippen LogP contribution >= 0.6 is 11.3 Å². The van der Waals surface area contributed by atoms with E-state index >= 15 is 0 Å². The maximum absolute atomic E-state index is 12.4. The molecule has 4 rings (SSSR count). The molecule has 22 heavy (non-hydrogen) atoms. The van der Waals surface area contributed by atoms with Gasteiger partial charge in [-0.15, -0.1) is 11.3 Å². The molecular weight excluding hydrogens is 296 g/mol. The first-order valence-electron chi connectivity index (χ1n) is 7.47. The molecule has 5 heteroatoms. The molecule has 2 heterocycles. The smallest absolute Gasteiger partial charge is 0.302 e. The lowest BCUT2D eigenvalue weighted by molar-refractivity contribution is 0.102. The van der Waals surface area contributed by atoms with Crippen LogP contribution in [0.3, 0.4) is 0 Å². The van der Waals surface area contributed by atoms with Crippen LogP contribution < -0.4 is 5.32 Å². The molecule has 1 atom stereocenters. The highest BCUT2D eigenvalue weighted by molar-refractivity contribution is 7.14. The number of anilines is 1. The van der Waals surface area contributed by atoms with Crippen LogP contribution in [0.4, 0.5) is 6.01 Å². The predicted octanol–water partition coefficient (Wildman–Crippen LogP) is 4.27. The molecule has 4 nitrogen and oxygen atoms in total. The van der Waals surface area contributed by atoms with E-state index in [1.165, 1.54) is 16.9 Å². The molecule has 0 fully saturated rings. The molecule has 0 bridgehead atoms. The largest absolute Gasteiger partial charge is 0.423 e. The topological polar surface area (TPSA) is 55.1 Å². The van der Waals surface area contributed by atoms with Gasteiger partial charge in [-0.25, -0.2) is 0 Å². The minimum atomic E-state index is -0.140. The summed E-state index contributed by atoms with van der Waals surface area (Å²) in [7, 11) is 0. The molecule has 0 aliphatic heterocycles. The number of nitrogens with one attached hydrogen (secondary N) is 1. The van der Waals surface area contributed by atoms with Crippen LogP contribution in [-0.4, -0.2) is 10.9 Å². The first-order valence-corrected chi connectivity index (χ1v) is 8.29. The fourth-order valence-electron chi connectivity index (χ4n) is 2.90. The van der Waals surface area contributed by atoms with E-state index in [-0.39, 0.29) is 11.9 Å². The van der Waals surface area contributed by atoms with Gasteiger partial charge in [0.05, 0.1) is 4.88 Å². The van der Waals surface area contributed by atoms with Crippen molar-refractivity contribution < 1.29 is 9.21 Å². The number of carbonyl (C=O) groups is 1. The van der Waals surface area contributed by atoms with Crippen molar-refractivity contribution in [1.82, 2.24) is 4.98 Å². The summed E-state index contributed by atoms with van der Waals surface area (Å²) in [5.74, 6) is 0.564. The van der Waals surface area contributed by atoms with Crippen molar-refractivity contribution in [3.05, 3.63) is 45.6 Å². The SMILES string of the molecule is CC1CCc2sc(C(=O)Nc3nc4ccccc4o3)cc2C1. The van der Waals surface area contributed by atoms with E-state index in [1.54, 1.807) is 11.3 Å². The third-order valence-corrected chi connectivity index (χ3v) is 5.30. The first kappa shape index (κ1) is 13.5. The van der Waals surface area contributed by atoms with Crippen LogP contribution in [0.25, 0.3) is 11.1 Å². The number of amides is 1. The van der Waals surface area contributed by atoms with Crippen LogP contribution in [0, 0.1) is 5.92 Å². The lowest BCUT2D eigenvalue weighted by Crippen LogP contribution is -2.10. The summed E-state index contributed by atoms with van der Waals surface area (Å²) in [5.41, 5.74) is 2.75. The Balaban J connectivity index is 1.57. The third kappa shape index (κ3) is 2.41. The number of aromatic nitrogens is 1. The summed E-state index contributed by atoms with van der Waals surface area (Å²) < 4.78 is 5.54. The van der Waals surface area contributed by atoms with Gasteiger partial charge in [0.25, 0.3) is 5.91 Å². The molecule has 0 saturated carbocycles. The number of thiophene rings is 1. The second-order valence-corrected chi connectivity index (χ2v) is 6.98. The van der Waals surface area contributed by atoms with Crippen molar-refractivity contribution in [3.63, 3.8) is 0 Å². The van der Waals surface area contributed by atoms with Gasteiger partial charge in [-0.3, -0.25) is 10.1 Å². The summed E-state index contributed by atoms with van der Waals surface area (Å²) in [5, 5.41) is 2.76. The van der Waals surface area contributed by atoms with Gasteiger partial charge in [0.15, 0.2) is 5.58 Å². The highest BCUT2D eigenvalue weighted by Gasteiger charge is 2.21. The van der Waals surface area contributed by atoms with E-state index in [0.717, 1.165) is 23.2 Å². The molecule has 1 unspecified atom stereocenters. The quantitative estimate of drug-likeness (QED) is 0.769. The zero-order valence-corrected chi connectivity index (χ0v) is 13.1. The Morgan fingerprint density at radius 1 is 1.41 bits per heavy atom. The Labute approximate surface area is 132 Å². The van der Waals surface area contributed by atoms with Crippen LogP contribution in [-0.2, 0) is 12.8 Å². The van der Waals surface area contributed by atoms with E-state index in [4.69, 9.17) is 4.42 Å². The third-order valence-electron chi connectivity index (χ3n) is 4.07. The Bertz CT molecular complexity index is 816. The fourth-order valence-corrected chi connectivity index (χ4v) is 4.01. The van der Waals surface area contributed by atoms with E-state index in [9.17, 15) is 4.79 Å². The molecule has 3 aromatic rings.